The molecule has 5 nitrogen and oxygen atoms in total. The summed E-state index contributed by atoms with van der Waals surface area (Å²) in [7, 11) is 0. The van der Waals surface area contributed by atoms with Crippen LogP contribution in [0.15, 0.2) is 30.3 Å². The second-order valence-electron chi connectivity index (χ2n) is 6.09. The largest absolute Gasteiger partial charge is 0.344 e. The van der Waals surface area contributed by atoms with E-state index in [1.54, 1.807) is 4.90 Å². The van der Waals surface area contributed by atoms with Gasteiger partial charge in [0.2, 0.25) is 11.8 Å². The maximum Gasteiger partial charge on any atom is 0.249 e. The average Bonchev–Trinajstić information content (AvgIpc) is 3.03. The number of benzene rings is 1. The fourth-order valence-corrected chi connectivity index (χ4v) is 3.28. The molecule has 2 atom stereocenters. The Kier molecular flexibility index (Phi) is 4.73. The zero-order valence-electron chi connectivity index (χ0n) is 12.8. The molecule has 22 heavy (non-hydrogen) atoms. The van der Waals surface area contributed by atoms with E-state index in [0.29, 0.717) is 6.42 Å². The highest BCUT2D eigenvalue weighted by molar-refractivity contribution is 5.99. The Morgan fingerprint density at radius 1 is 1.23 bits per heavy atom. The smallest absolute Gasteiger partial charge is 0.249 e. The lowest BCUT2D eigenvalue weighted by Gasteiger charge is -2.32. The molecule has 2 amide bonds. The van der Waals surface area contributed by atoms with E-state index in [1.165, 1.54) is 0 Å². The number of rotatable bonds is 4. The monoisotopic (exact) mass is 301 g/mol. The highest BCUT2D eigenvalue weighted by Gasteiger charge is 2.31. The third-order valence-electron chi connectivity index (χ3n) is 4.44. The zero-order chi connectivity index (χ0) is 15.4. The lowest BCUT2D eigenvalue weighted by Crippen LogP contribution is -2.53. The molecule has 2 heterocycles. The van der Waals surface area contributed by atoms with E-state index in [0.717, 1.165) is 44.5 Å². The Morgan fingerprint density at radius 2 is 2.05 bits per heavy atom. The van der Waals surface area contributed by atoms with Crippen LogP contribution in [-0.2, 0) is 9.59 Å². The van der Waals surface area contributed by atoms with Gasteiger partial charge in [0.15, 0.2) is 0 Å². The number of nitrogens with one attached hydrogen (secondary N) is 2. The van der Waals surface area contributed by atoms with Crippen LogP contribution in [0, 0.1) is 0 Å². The van der Waals surface area contributed by atoms with Crippen LogP contribution in [0.4, 0.5) is 5.69 Å². The predicted octanol–water partition coefficient (Wildman–Crippen LogP) is 1.44. The fourth-order valence-electron chi connectivity index (χ4n) is 3.28. The minimum absolute atomic E-state index is 0.00480. The molecule has 118 valence electrons. The molecule has 2 fully saturated rings. The second-order valence-corrected chi connectivity index (χ2v) is 6.09. The Labute approximate surface area is 131 Å². The van der Waals surface area contributed by atoms with Gasteiger partial charge in [-0.15, -0.1) is 0 Å². The third kappa shape index (κ3) is 3.47. The summed E-state index contributed by atoms with van der Waals surface area (Å²) in [5.74, 6) is -0.0159. The van der Waals surface area contributed by atoms with E-state index in [1.807, 2.05) is 30.3 Å². The van der Waals surface area contributed by atoms with Gasteiger partial charge in [0.05, 0.1) is 0 Å². The number of carbonyl (C=O) groups excluding carboxylic acids is 2. The molecule has 2 aliphatic rings. The fraction of sp³-hybridized carbons (Fsp3) is 0.529. The van der Waals surface area contributed by atoms with Crippen molar-refractivity contribution in [3.8, 4) is 0 Å². The van der Waals surface area contributed by atoms with Crippen molar-refractivity contribution >= 4 is 17.5 Å². The summed E-state index contributed by atoms with van der Waals surface area (Å²) in [6.45, 7) is 1.71. The van der Waals surface area contributed by atoms with Gasteiger partial charge in [0.25, 0.3) is 0 Å². The van der Waals surface area contributed by atoms with Gasteiger partial charge >= 0.3 is 0 Å². The second kappa shape index (κ2) is 6.92. The summed E-state index contributed by atoms with van der Waals surface area (Å²) in [6, 6.07) is 9.54. The molecule has 2 N–H and O–H groups in total. The molecule has 3 rings (SSSR count). The van der Waals surface area contributed by atoms with Crippen molar-refractivity contribution in [1.82, 2.24) is 10.6 Å². The van der Waals surface area contributed by atoms with Gasteiger partial charge in [0, 0.05) is 24.7 Å². The topological polar surface area (TPSA) is 61.4 Å². The van der Waals surface area contributed by atoms with Crippen LogP contribution in [0.5, 0.6) is 0 Å². The molecule has 0 aliphatic carbocycles. The summed E-state index contributed by atoms with van der Waals surface area (Å²) in [4.78, 5) is 26.5. The lowest BCUT2D eigenvalue weighted by molar-refractivity contribution is -0.128. The Hall–Kier alpha value is -1.88. The molecule has 0 spiro atoms. The number of amides is 2. The molecule has 1 aromatic carbocycles. The van der Waals surface area contributed by atoms with Crippen molar-refractivity contribution in [2.24, 2.45) is 0 Å². The Balaban J connectivity index is 1.59. The van der Waals surface area contributed by atoms with Crippen molar-refractivity contribution in [2.45, 2.75) is 44.2 Å². The van der Waals surface area contributed by atoms with Gasteiger partial charge in [-0.1, -0.05) is 18.2 Å². The first-order valence-electron chi connectivity index (χ1n) is 8.13. The van der Waals surface area contributed by atoms with Crippen LogP contribution in [0.25, 0.3) is 0 Å². The average molecular weight is 301 g/mol. The highest BCUT2D eigenvalue weighted by Crippen LogP contribution is 2.21. The van der Waals surface area contributed by atoms with Crippen LogP contribution in [0.1, 0.15) is 32.1 Å². The van der Waals surface area contributed by atoms with Crippen molar-refractivity contribution in [1.29, 1.82) is 0 Å². The van der Waals surface area contributed by atoms with E-state index < -0.39 is 0 Å². The van der Waals surface area contributed by atoms with E-state index in [4.69, 9.17) is 0 Å². The molecular weight excluding hydrogens is 278 g/mol. The summed E-state index contributed by atoms with van der Waals surface area (Å²) in [5.41, 5.74) is 0.906. The SMILES string of the molecule is O=C(CC1CCCN1)NC1CCCN(c2ccccc2)C1=O. The van der Waals surface area contributed by atoms with E-state index in [2.05, 4.69) is 10.6 Å². The molecule has 2 saturated heterocycles. The Morgan fingerprint density at radius 3 is 2.77 bits per heavy atom. The standard InChI is InChI=1S/C17H23N3O2/c21-16(12-13-6-4-10-18-13)19-15-9-5-11-20(17(15)22)14-7-2-1-3-8-14/h1-3,7-8,13,15,18H,4-6,9-12H2,(H,19,21). The van der Waals surface area contributed by atoms with E-state index in [9.17, 15) is 9.59 Å². The molecule has 1 aromatic rings. The van der Waals surface area contributed by atoms with Crippen molar-refractivity contribution < 1.29 is 9.59 Å². The van der Waals surface area contributed by atoms with Crippen molar-refractivity contribution in [3.63, 3.8) is 0 Å². The van der Waals surface area contributed by atoms with Gasteiger partial charge in [0.1, 0.15) is 6.04 Å². The van der Waals surface area contributed by atoms with Crippen LogP contribution < -0.4 is 15.5 Å². The summed E-state index contributed by atoms with van der Waals surface area (Å²) >= 11 is 0. The van der Waals surface area contributed by atoms with Gasteiger partial charge in [-0.25, -0.2) is 0 Å². The van der Waals surface area contributed by atoms with Crippen LogP contribution in [0.3, 0.4) is 0 Å². The number of piperidine rings is 1. The number of carbonyl (C=O) groups is 2. The van der Waals surface area contributed by atoms with Crippen molar-refractivity contribution in [3.05, 3.63) is 30.3 Å². The molecule has 5 heteroatoms. The normalized spacial score (nSPS) is 25.3. The summed E-state index contributed by atoms with van der Waals surface area (Å²) in [5, 5.41) is 6.24. The first-order chi connectivity index (χ1) is 10.7. The van der Waals surface area contributed by atoms with Gasteiger partial charge in [-0.2, -0.15) is 0 Å². The molecule has 2 aliphatic heterocycles. The molecule has 2 unspecified atom stereocenters. The van der Waals surface area contributed by atoms with Crippen LogP contribution in [0.2, 0.25) is 0 Å². The van der Waals surface area contributed by atoms with Gasteiger partial charge < -0.3 is 15.5 Å². The summed E-state index contributed by atoms with van der Waals surface area (Å²) in [6.07, 6.45) is 4.28. The zero-order valence-corrected chi connectivity index (χ0v) is 12.8. The number of para-hydroxylation sites is 1. The minimum Gasteiger partial charge on any atom is -0.344 e. The minimum atomic E-state index is -0.386. The van der Waals surface area contributed by atoms with Gasteiger partial charge in [-0.3, -0.25) is 9.59 Å². The van der Waals surface area contributed by atoms with Crippen LogP contribution >= 0.6 is 0 Å². The van der Waals surface area contributed by atoms with Gasteiger partial charge in [-0.05, 0) is 44.4 Å². The summed E-state index contributed by atoms with van der Waals surface area (Å²) < 4.78 is 0. The predicted molar refractivity (Wildman–Crippen MR) is 85.6 cm³/mol. The quantitative estimate of drug-likeness (QED) is 0.884. The molecule has 0 bridgehead atoms. The first kappa shape index (κ1) is 15.0. The highest BCUT2D eigenvalue weighted by atomic mass is 16.2. The maximum atomic E-state index is 12.6. The number of hydrogen-bond acceptors (Lipinski definition) is 3. The number of hydrogen-bond donors (Lipinski definition) is 2. The van der Waals surface area contributed by atoms with Crippen LogP contribution in [-0.4, -0.2) is 37.0 Å². The van der Waals surface area contributed by atoms with E-state index >= 15 is 0 Å². The number of anilines is 1. The molecular formula is C17H23N3O2. The molecule has 0 radical (unpaired) electrons. The van der Waals surface area contributed by atoms with Crippen molar-refractivity contribution in [2.75, 3.05) is 18.0 Å². The molecule has 0 aromatic heterocycles. The Bertz CT molecular complexity index is 526. The maximum absolute atomic E-state index is 12.6. The third-order valence-corrected chi connectivity index (χ3v) is 4.44. The number of nitrogens with zero attached hydrogens (tertiary/aromatic N) is 1. The van der Waals surface area contributed by atoms with E-state index in [-0.39, 0.29) is 23.9 Å². The first-order valence-corrected chi connectivity index (χ1v) is 8.13. The molecule has 0 saturated carbocycles. The lowest BCUT2D eigenvalue weighted by atomic mass is 10.0.